The van der Waals surface area contributed by atoms with Gasteiger partial charge in [0, 0.05) is 20.2 Å². The molecule has 0 unspecified atom stereocenters. The number of nitrogens with zero attached hydrogens (tertiary/aromatic N) is 4. The predicted molar refractivity (Wildman–Crippen MR) is 68.4 cm³/mol. The fourth-order valence-electron chi connectivity index (χ4n) is 2.33. The Balaban J connectivity index is 1.66. The lowest BCUT2D eigenvalue weighted by Crippen LogP contribution is -2.13. The molecule has 0 aliphatic carbocycles. The molecule has 0 radical (unpaired) electrons. The van der Waals surface area contributed by atoms with Crippen LogP contribution in [0.15, 0.2) is 12.5 Å². The second kappa shape index (κ2) is 4.89. The first-order valence-electron chi connectivity index (χ1n) is 6.33. The van der Waals surface area contributed by atoms with Crippen LogP contribution in [0.2, 0.25) is 0 Å². The summed E-state index contributed by atoms with van der Waals surface area (Å²) in [5.74, 6) is 0.853. The average Bonchev–Trinajstić information content (AvgIpc) is 3.01. The zero-order chi connectivity index (χ0) is 12.4. The Morgan fingerprint density at radius 2 is 2.44 bits per heavy atom. The lowest BCUT2D eigenvalue weighted by molar-refractivity contribution is 0.107. The molecule has 6 heteroatoms. The summed E-state index contributed by atoms with van der Waals surface area (Å²) < 4.78 is 7.35. The minimum atomic E-state index is 0.406. The lowest BCUT2D eigenvalue weighted by atomic mass is 10.2. The number of fused-ring (bicyclic) bond motifs is 1. The van der Waals surface area contributed by atoms with Crippen LogP contribution in [0.3, 0.4) is 0 Å². The highest BCUT2D eigenvalue weighted by molar-refractivity contribution is 5.85. The molecule has 1 aliphatic heterocycles. The number of anilines is 1. The summed E-state index contributed by atoms with van der Waals surface area (Å²) in [6, 6.07) is 0. The highest BCUT2D eigenvalue weighted by atomic mass is 16.5. The van der Waals surface area contributed by atoms with Crippen LogP contribution in [0, 0.1) is 0 Å². The van der Waals surface area contributed by atoms with Crippen molar-refractivity contribution in [1.82, 2.24) is 19.7 Å². The molecule has 1 aliphatic rings. The molecule has 96 valence electrons. The van der Waals surface area contributed by atoms with Gasteiger partial charge >= 0.3 is 0 Å². The van der Waals surface area contributed by atoms with Crippen molar-refractivity contribution in [3.05, 3.63) is 12.5 Å². The second-order valence-corrected chi connectivity index (χ2v) is 4.58. The first-order chi connectivity index (χ1) is 8.84. The smallest absolute Gasteiger partial charge is 0.163 e. The lowest BCUT2D eigenvalue weighted by Gasteiger charge is -2.10. The van der Waals surface area contributed by atoms with Crippen molar-refractivity contribution in [2.24, 2.45) is 7.05 Å². The Morgan fingerprint density at radius 1 is 1.50 bits per heavy atom. The van der Waals surface area contributed by atoms with Crippen LogP contribution in [0.25, 0.3) is 11.0 Å². The van der Waals surface area contributed by atoms with Gasteiger partial charge in [-0.15, -0.1) is 0 Å². The standard InChI is InChI=1S/C12H17N5O/c1-17-12-10(7-16-17)11(14-8-15-12)13-5-4-9-3-2-6-18-9/h7-9H,2-6H2,1H3,(H,13,14,15)/t9-/m1/s1. The van der Waals surface area contributed by atoms with Gasteiger partial charge in [-0.25, -0.2) is 9.97 Å². The van der Waals surface area contributed by atoms with Gasteiger partial charge in [-0.2, -0.15) is 5.10 Å². The number of nitrogens with one attached hydrogen (secondary N) is 1. The van der Waals surface area contributed by atoms with E-state index in [0.29, 0.717) is 6.10 Å². The molecule has 1 fully saturated rings. The first-order valence-corrected chi connectivity index (χ1v) is 6.33. The highest BCUT2D eigenvalue weighted by Crippen LogP contribution is 2.19. The van der Waals surface area contributed by atoms with Gasteiger partial charge < -0.3 is 10.1 Å². The third-order valence-electron chi connectivity index (χ3n) is 3.31. The Morgan fingerprint density at radius 3 is 3.28 bits per heavy atom. The molecule has 2 aromatic rings. The molecule has 3 heterocycles. The Hall–Kier alpha value is -1.69. The molecule has 1 N–H and O–H groups in total. The van der Waals surface area contributed by atoms with E-state index < -0.39 is 0 Å². The Bertz CT molecular complexity index is 532. The van der Waals surface area contributed by atoms with E-state index in [2.05, 4.69) is 20.4 Å². The number of aromatic nitrogens is 4. The summed E-state index contributed by atoms with van der Waals surface area (Å²) in [5, 5.41) is 8.50. The quantitative estimate of drug-likeness (QED) is 0.883. The summed E-state index contributed by atoms with van der Waals surface area (Å²) >= 11 is 0. The molecular formula is C12H17N5O. The average molecular weight is 247 g/mol. The predicted octanol–water partition coefficient (Wildman–Crippen LogP) is 1.34. The van der Waals surface area contributed by atoms with Gasteiger partial charge in [0.15, 0.2) is 5.65 Å². The van der Waals surface area contributed by atoms with Crippen molar-refractivity contribution in [1.29, 1.82) is 0 Å². The molecule has 1 atom stereocenters. The van der Waals surface area contributed by atoms with E-state index in [-0.39, 0.29) is 0 Å². The summed E-state index contributed by atoms with van der Waals surface area (Å²) in [6.45, 7) is 1.77. The van der Waals surface area contributed by atoms with Gasteiger partial charge in [0.05, 0.1) is 17.7 Å². The monoisotopic (exact) mass is 247 g/mol. The van der Waals surface area contributed by atoms with Crippen molar-refractivity contribution in [3.8, 4) is 0 Å². The molecule has 0 bridgehead atoms. The van der Waals surface area contributed by atoms with E-state index in [1.54, 1.807) is 17.2 Å². The van der Waals surface area contributed by atoms with Crippen LogP contribution in [-0.4, -0.2) is 39.0 Å². The molecule has 1 saturated heterocycles. The van der Waals surface area contributed by atoms with E-state index >= 15 is 0 Å². The largest absolute Gasteiger partial charge is 0.378 e. The van der Waals surface area contributed by atoms with E-state index in [0.717, 1.165) is 36.4 Å². The maximum atomic E-state index is 5.59. The SMILES string of the molecule is Cn1ncc2c(NCC[C@H]3CCCO3)ncnc21. The van der Waals surface area contributed by atoms with E-state index in [9.17, 15) is 0 Å². The Labute approximate surface area is 105 Å². The van der Waals surface area contributed by atoms with Crippen LogP contribution in [0.4, 0.5) is 5.82 Å². The highest BCUT2D eigenvalue weighted by Gasteiger charge is 2.15. The topological polar surface area (TPSA) is 64.9 Å². The van der Waals surface area contributed by atoms with Crippen molar-refractivity contribution >= 4 is 16.9 Å². The van der Waals surface area contributed by atoms with Gasteiger partial charge in [0.1, 0.15) is 12.1 Å². The maximum absolute atomic E-state index is 5.59. The van der Waals surface area contributed by atoms with Crippen molar-refractivity contribution in [2.75, 3.05) is 18.5 Å². The zero-order valence-corrected chi connectivity index (χ0v) is 10.5. The van der Waals surface area contributed by atoms with Gasteiger partial charge in [-0.1, -0.05) is 0 Å². The van der Waals surface area contributed by atoms with Crippen LogP contribution in [0.5, 0.6) is 0 Å². The van der Waals surface area contributed by atoms with E-state index in [1.165, 1.54) is 12.8 Å². The van der Waals surface area contributed by atoms with Crippen molar-refractivity contribution in [2.45, 2.75) is 25.4 Å². The van der Waals surface area contributed by atoms with Gasteiger partial charge in [0.25, 0.3) is 0 Å². The molecule has 0 spiro atoms. The summed E-state index contributed by atoms with van der Waals surface area (Å²) in [6.07, 6.45) is 7.15. The normalized spacial score (nSPS) is 19.5. The summed E-state index contributed by atoms with van der Waals surface area (Å²) in [4.78, 5) is 8.48. The van der Waals surface area contributed by atoms with Crippen LogP contribution in [0.1, 0.15) is 19.3 Å². The fraction of sp³-hybridized carbons (Fsp3) is 0.583. The number of ether oxygens (including phenoxy) is 1. The van der Waals surface area contributed by atoms with Crippen LogP contribution < -0.4 is 5.32 Å². The van der Waals surface area contributed by atoms with Gasteiger partial charge in [0.2, 0.25) is 0 Å². The third kappa shape index (κ3) is 2.15. The molecule has 2 aromatic heterocycles. The van der Waals surface area contributed by atoms with Crippen LogP contribution in [-0.2, 0) is 11.8 Å². The zero-order valence-electron chi connectivity index (χ0n) is 10.5. The molecule has 0 amide bonds. The van der Waals surface area contributed by atoms with E-state index in [1.807, 2.05) is 7.05 Å². The van der Waals surface area contributed by atoms with Gasteiger partial charge in [-0.3, -0.25) is 4.68 Å². The number of hydrogen-bond acceptors (Lipinski definition) is 5. The van der Waals surface area contributed by atoms with Crippen LogP contribution >= 0.6 is 0 Å². The summed E-state index contributed by atoms with van der Waals surface area (Å²) in [5.41, 5.74) is 0.851. The summed E-state index contributed by atoms with van der Waals surface area (Å²) in [7, 11) is 1.88. The second-order valence-electron chi connectivity index (χ2n) is 4.58. The third-order valence-corrected chi connectivity index (χ3v) is 3.31. The molecule has 0 aromatic carbocycles. The molecular weight excluding hydrogens is 230 g/mol. The maximum Gasteiger partial charge on any atom is 0.163 e. The van der Waals surface area contributed by atoms with Gasteiger partial charge in [-0.05, 0) is 19.3 Å². The number of rotatable bonds is 4. The Kier molecular flexibility index (Phi) is 3.10. The first kappa shape index (κ1) is 11.4. The van der Waals surface area contributed by atoms with E-state index in [4.69, 9.17) is 4.74 Å². The molecule has 18 heavy (non-hydrogen) atoms. The fourth-order valence-corrected chi connectivity index (χ4v) is 2.33. The van der Waals surface area contributed by atoms with Crippen molar-refractivity contribution in [3.63, 3.8) is 0 Å². The minimum Gasteiger partial charge on any atom is -0.378 e. The van der Waals surface area contributed by atoms with Crippen molar-refractivity contribution < 1.29 is 4.74 Å². The number of aryl methyl sites for hydroxylation is 1. The molecule has 3 rings (SSSR count). The molecule has 0 saturated carbocycles. The minimum absolute atomic E-state index is 0.406. The number of hydrogen-bond donors (Lipinski definition) is 1. The molecule has 6 nitrogen and oxygen atoms in total.